The first kappa shape index (κ1) is 14.6. The standard InChI is InChI=1S/C17H16N2O2/c1-2-13-7-3-5-9-15(13)19-17(20)12-21-16-10-6-4-8-14(16)11-18/h3-10H,2,12H2,1H3,(H,19,20). The maximum absolute atomic E-state index is 11.9. The van der Waals surface area contributed by atoms with E-state index in [0.29, 0.717) is 11.3 Å². The first-order chi connectivity index (χ1) is 10.2. The lowest BCUT2D eigenvalue weighted by atomic mass is 10.1. The number of nitriles is 1. The van der Waals surface area contributed by atoms with Crippen LogP contribution < -0.4 is 10.1 Å². The molecule has 0 spiro atoms. The molecule has 1 amide bonds. The maximum atomic E-state index is 11.9. The van der Waals surface area contributed by atoms with Gasteiger partial charge < -0.3 is 10.1 Å². The topological polar surface area (TPSA) is 62.1 Å². The maximum Gasteiger partial charge on any atom is 0.262 e. The summed E-state index contributed by atoms with van der Waals surface area (Å²) in [5.74, 6) is 0.169. The van der Waals surface area contributed by atoms with Crippen LogP contribution in [0.5, 0.6) is 5.75 Å². The second kappa shape index (κ2) is 7.11. The number of aryl methyl sites for hydroxylation is 1. The fourth-order valence-corrected chi connectivity index (χ4v) is 1.97. The molecule has 0 unspecified atom stereocenters. The Kier molecular flexibility index (Phi) is 4.94. The number of hydrogen-bond acceptors (Lipinski definition) is 3. The minimum Gasteiger partial charge on any atom is -0.482 e. The van der Waals surface area contributed by atoms with Gasteiger partial charge in [0.1, 0.15) is 11.8 Å². The third-order valence-corrected chi connectivity index (χ3v) is 3.04. The summed E-state index contributed by atoms with van der Waals surface area (Å²) in [5.41, 5.74) is 2.28. The zero-order chi connectivity index (χ0) is 15.1. The Morgan fingerprint density at radius 3 is 2.67 bits per heavy atom. The van der Waals surface area contributed by atoms with Crippen LogP contribution in [0.25, 0.3) is 0 Å². The number of carbonyl (C=O) groups is 1. The molecule has 4 heteroatoms. The molecule has 1 N–H and O–H groups in total. The van der Waals surface area contributed by atoms with Gasteiger partial charge in [-0.25, -0.2) is 0 Å². The quantitative estimate of drug-likeness (QED) is 0.915. The normalized spacial score (nSPS) is 9.71. The Morgan fingerprint density at radius 1 is 1.19 bits per heavy atom. The van der Waals surface area contributed by atoms with Crippen molar-refractivity contribution in [1.82, 2.24) is 0 Å². The summed E-state index contributed by atoms with van der Waals surface area (Å²) in [6.45, 7) is 1.90. The first-order valence-electron chi connectivity index (χ1n) is 6.74. The summed E-state index contributed by atoms with van der Waals surface area (Å²) in [6, 6.07) is 16.5. The van der Waals surface area contributed by atoms with Gasteiger partial charge in [-0.15, -0.1) is 0 Å². The highest BCUT2D eigenvalue weighted by atomic mass is 16.5. The SMILES string of the molecule is CCc1ccccc1NC(=O)COc1ccccc1C#N. The van der Waals surface area contributed by atoms with Gasteiger partial charge in [0.25, 0.3) is 5.91 Å². The minimum atomic E-state index is -0.247. The highest BCUT2D eigenvalue weighted by Crippen LogP contribution is 2.17. The predicted molar refractivity (Wildman–Crippen MR) is 81.1 cm³/mol. The van der Waals surface area contributed by atoms with Crippen LogP contribution in [0.1, 0.15) is 18.1 Å². The van der Waals surface area contributed by atoms with Crippen LogP contribution >= 0.6 is 0 Å². The van der Waals surface area contributed by atoms with Gasteiger partial charge in [0.15, 0.2) is 6.61 Å². The van der Waals surface area contributed by atoms with Crippen LogP contribution in [0, 0.1) is 11.3 Å². The van der Waals surface area contributed by atoms with E-state index in [9.17, 15) is 4.79 Å². The Bertz CT molecular complexity index is 674. The summed E-state index contributed by atoms with van der Waals surface area (Å²) >= 11 is 0. The van der Waals surface area contributed by atoms with E-state index in [2.05, 4.69) is 5.32 Å². The number of ether oxygens (including phenoxy) is 1. The third-order valence-electron chi connectivity index (χ3n) is 3.04. The molecule has 2 aromatic rings. The minimum absolute atomic E-state index is 0.128. The lowest BCUT2D eigenvalue weighted by molar-refractivity contribution is -0.118. The number of carbonyl (C=O) groups excluding carboxylic acids is 1. The van der Waals surface area contributed by atoms with E-state index in [4.69, 9.17) is 10.00 Å². The fourth-order valence-electron chi connectivity index (χ4n) is 1.97. The zero-order valence-corrected chi connectivity index (χ0v) is 11.8. The summed E-state index contributed by atoms with van der Waals surface area (Å²) in [6.07, 6.45) is 0.842. The van der Waals surface area contributed by atoms with Gasteiger partial charge in [0, 0.05) is 5.69 Å². The van der Waals surface area contributed by atoms with Crippen molar-refractivity contribution >= 4 is 11.6 Å². The van der Waals surface area contributed by atoms with Crippen LogP contribution in [0.2, 0.25) is 0 Å². The molecular weight excluding hydrogens is 264 g/mol. The molecule has 0 saturated heterocycles. The van der Waals surface area contributed by atoms with Crippen molar-refractivity contribution in [3.05, 3.63) is 59.7 Å². The van der Waals surface area contributed by atoms with Crippen molar-refractivity contribution in [3.8, 4) is 11.8 Å². The highest BCUT2D eigenvalue weighted by molar-refractivity contribution is 5.92. The summed E-state index contributed by atoms with van der Waals surface area (Å²) in [5, 5.41) is 11.8. The molecule has 2 rings (SSSR count). The van der Waals surface area contributed by atoms with Crippen molar-refractivity contribution in [2.45, 2.75) is 13.3 Å². The highest BCUT2D eigenvalue weighted by Gasteiger charge is 2.08. The molecule has 21 heavy (non-hydrogen) atoms. The van der Waals surface area contributed by atoms with Crippen LogP contribution in [-0.2, 0) is 11.2 Å². The van der Waals surface area contributed by atoms with Crippen molar-refractivity contribution in [3.63, 3.8) is 0 Å². The molecule has 0 aromatic heterocycles. The van der Waals surface area contributed by atoms with Gasteiger partial charge in [-0.1, -0.05) is 37.3 Å². The van der Waals surface area contributed by atoms with Crippen molar-refractivity contribution in [2.75, 3.05) is 11.9 Å². The van der Waals surface area contributed by atoms with E-state index in [1.807, 2.05) is 37.3 Å². The van der Waals surface area contributed by atoms with Crippen LogP contribution in [0.3, 0.4) is 0 Å². The Morgan fingerprint density at radius 2 is 1.90 bits per heavy atom. The van der Waals surface area contributed by atoms with Crippen LogP contribution in [0.4, 0.5) is 5.69 Å². The predicted octanol–water partition coefficient (Wildman–Crippen LogP) is 3.14. The number of anilines is 1. The van der Waals surface area contributed by atoms with E-state index in [-0.39, 0.29) is 12.5 Å². The Hall–Kier alpha value is -2.80. The number of benzene rings is 2. The molecule has 0 aliphatic rings. The summed E-state index contributed by atoms with van der Waals surface area (Å²) in [7, 11) is 0. The van der Waals surface area contributed by atoms with Crippen LogP contribution in [-0.4, -0.2) is 12.5 Å². The molecule has 0 saturated carbocycles. The number of nitrogens with one attached hydrogen (secondary N) is 1. The van der Waals surface area contributed by atoms with Crippen molar-refractivity contribution < 1.29 is 9.53 Å². The zero-order valence-electron chi connectivity index (χ0n) is 11.8. The molecule has 0 heterocycles. The average Bonchev–Trinajstić information content (AvgIpc) is 2.53. The summed E-state index contributed by atoms with van der Waals surface area (Å²) in [4.78, 5) is 11.9. The van der Waals surface area contributed by atoms with Crippen molar-refractivity contribution in [2.24, 2.45) is 0 Å². The van der Waals surface area contributed by atoms with E-state index in [1.54, 1.807) is 24.3 Å². The Balaban J connectivity index is 1.98. The van der Waals surface area contributed by atoms with Gasteiger partial charge in [0.05, 0.1) is 5.56 Å². The lowest BCUT2D eigenvalue weighted by Crippen LogP contribution is -2.21. The number of nitrogens with zero attached hydrogens (tertiary/aromatic N) is 1. The van der Waals surface area contributed by atoms with E-state index < -0.39 is 0 Å². The second-order valence-corrected chi connectivity index (χ2v) is 4.46. The Labute approximate surface area is 124 Å². The molecule has 0 aliphatic carbocycles. The van der Waals surface area contributed by atoms with Gasteiger partial charge >= 0.3 is 0 Å². The average molecular weight is 280 g/mol. The monoisotopic (exact) mass is 280 g/mol. The molecule has 0 radical (unpaired) electrons. The number of amides is 1. The van der Waals surface area contributed by atoms with Gasteiger partial charge in [-0.3, -0.25) is 4.79 Å². The molecule has 2 aromatic carbocycles. The van der Waals surface area contributed by atoms with E-state index >= 15 is 0 Å². The number of rotatable bonds is 5. The molecule has 106 valence electrons. The molecule has 0 fully saturated rings. The lowest BCUT2D eigenvalue weighted by Gasteiger charge is -2.11. The van der Waals surface area contributed by atoms with Gasteiger partial charge in [0.2, 0.25) is 0 Å². The molecule has 0 aliphatic heterocycles. The fraction of sp³-hybridized carbons (Fsp3) is 0.176. The third kappa shape index (κ3) is 3.83. The summed E-state index contributed by atoms with van der Waals surface area (Å²) < 4.78 is 5.40. The number of para-hydroxylation sites is 2. The first-order valence-corrected chi connectivity index (χ1v) is 6.74. The largest absolute Gasteiger partial charge is 0.482 e. The van der Waals surface area contributed by atoms with Crippen LogP contribution in [0.15, 0.2) is 48.5 Å². The van der Waals surface area contributed by atoms with Crippen molar-refractivity contribution in [1.29, 1.82) is 5.26 Å². The second-order valence-electron chi connectivity index (χ2n) is 4.46. The van der Waals surface area contributed by atoms with Gasteiger partial charge in [-0.2, -0.15) is 5.26 Å². The smallest absolute Gasteiger partial charge is 0.262 e. The molecular formula is C17H16N2O2. The van der Waals surface area contributed by atoms with Gasteiger partial charge in [-0.05, 0) is 30.2 Å². The molecule has 0 atom stereocenters. The molecule has 4 nitrogen and oxygen atoms in total. The van der Waals surface area contributed by atoms with E-state index in [0.717, 1.165) is 17.7 Å². The number of hydrogen-bond donors (Lipinski definition) is 1. The molecule has 0 bridgehead atoms. The van der Waals surface area contributed by atoms with E-state index in [1.165, 1.54) is 0 Å².